The van der Waals surface area contributed by atoms with Gasteiger partial charge in [-0.3, -0.25) is 0 Å². The number of nitrogens with zero attached hydrogens (tertiary/aromatic N) is 1. The van der Waals surface area contributed by atoms with Gasteiger partial charge in [0.25, 0.3) is 0 Å². The number of hydrogen-bond acceptors (Lipinski definition) is 4. The first kappa shape index (κ1) is 13.1. The summed E-state index contributed by atoms with van der Waals surface area (Å²) >= 11 is 0. The molecule has 102 valence electrons. The van der Waals surface area contributed by atoms with Crippen molar-refractivity contribution < 1.29 is 24.9 Å². The molecular formula is C11H18N2O5. The predicted molar refractivity (Wildman–Crippen MR) is 60.9 cm³/mol. The van der Waals surface area contributed by atoms with Crippen molar-refractivity contribution in [2.24, 2.45) is 0 Å². The summed E-state index contributed by atoms with van der Waals surface area (Å²) in [5.74, 6) is -1.35. The number of carboxylic acids is 1. The number of rotatable bonds is 3. The Labute approximate surface area is 104 Å². The molecule has 2 fully saturated rings. The molecule has 2 unspecified atom stereocenters. The smallest absolute Gasteiger partial charge is 0.334 e. The highest BCUT2D eigenvalue weighted by atomic mass is 16.4. The van der Waals surface area contributed by atoms with Gasteiger partial charge in [0.1, 0.15) is 0 Å². The minimum atomic E-state index is -1.58. The fourth-order valence-electron chi connectivity index (χ4n) is 2.84. The van der Waals surface area contributed by atoms with Crippen molar-refractivity contribution in [2.45, 2.75) is 50.0 Å². The maximum Gasteiger partial charge on any atom is 0.334 e. The van der Waals surface area contributed by atoms with Gasteiger partial charge in [-0.05, 0) is 25.7 Å². The molecule has 0 spiro atoms. The van der Waals surface area contributed by atoms with E-state index in [2.05, 4.69) is 5.32 Å². The predicted octanol–water partition coefficient (Wildman–Crippen LogP) is -0.871. The first-order chi connectivity index (χ1) is 8.49. The number of carbonyl (C=O) groups excluding carboxylic acids is 1. The number of amides is 2. The maximum absolute atomic E-state index is 11.9. The number of urea groups is 1. The lowest BCUT2D eigenvalue weighted by atomic mass is 10.0. The SMILES string of the molecule is O=C(O)[C@@H](O)CNC(=O)N1C2CCC1CC(O)C2. The average Bonchev–Trinajstić information content (AvgIpc) is 2.58. The zero-order chi connectivity index (χ0) is 13.3. The zero-order valence-electron chi connectivity index (χ0n) is 9.95. The highest BCUT2D eigenvalue weighted by molar-refractivity contribution is 5.77. The first-order valence-electron chi connectivity index (χ1n) is 6.14. The van der Waals surface area contributed by atoms with Gasteiger partial charge in [-0.15, -0.1) is 0 Å². The topological polar surface area (TPSA) is 110 Å². The van der Waals surface area contributed by atoms with Gasteiger partial charge in [0, 0.05) is 12.1 Å². The van der Waals surface area contributed by atoms with Gasteiger partial charge in [0.05, 0.1) is 12.6 Å². The molecule has 0 aromatic heterocycles. The van der Waals surface area contributed by atoms with E-state index in [1.807, 2.05) is 0 Å². The molecule has 2 rings (SSSR count). The Balaban J connectivity index is 1.88. The van der Waals surface area contributed by atoms with Gasteiger partial charge in [-0.2, -0.15) is 0 Å². The molecule has 7 nitrogen and oxygen atoms in total. The van der Waals surface area contributed by atoms with Crippen LogP contribution in [0.5, 0.6) is 0 Å². The Morgan fingerprint density at radius 3 is 2.33 bits per heavy atom. The van der Waals surface area contributed by atoms with Crippen LogP contribution in [0, 0.1) is 0 Å². The Morgan fingerprint density at radius 1 is 1.28 bits per heavy atom. The van der Waals surface area contributed by atoms with Crippen molar-refractivity contribution in [1.82, 2.24) is 10.2 Å². The summed E-state index contributed by atoms with van der Waals surface area (Å²) in [4.78, 5) is 24.0. The molecule has 2 amide bonds. The van der Waals surface area contributed by atoms with Crippen LogP contribution in [0.1, 0.15) is 25.7 Å². The molecule has 18 heavy (non-hydrogen) atoms. The fourth-order valence-corrected chi connectivity index (χ4v) is 2.84. The molecule has 2 aliphatic heterocycles. The number of carboxylic acid groups (broad SMARTS) is 1. The minimum absolute atomic E-state index is 0.0284. The number of nitrogens with one attached hydrogen (secondary N) is 1. The van der Waals surface area contributed by atoms with Crippen molar-refractivity contribution in [3.8, 4) is 0 Å². The van der Waals surface area contributed by atoms with Crippen LogP contribution < -0.4 is 5.32 Å². The van der Waals surface area contributed by atoms with Gasteiger partial charge in [0.2, 0.25) is 0 Å². The Hall–Kier alpha value is -1.34. The summed E-state index contributed by atoms with van der Waals surface area (Å²) in [6.45, 7) is -0.299. The molecule has 2 saturated heterocycles. The highest BCUT2D eigenvalue weighted by Gasteiger charge is 2.42. The summed E-state index contributed by atoms with van der Waals surface area (Å²) in [6, 6.07) is -0.295. The van der Waals surface area contributed by atoms with Gasteiger partial charge < -0.3 is 25.5 Å². The zero-order valence-corrected chi connectivity index (χ0v) is 9.95. The molecule has 3 atom stereocenters. The van der Waals surface area contributed by atoms with Crippen LogP contribution >= 0.6 is 0 Å². The molecular weight excluding hydrogens is 240 g/mol. The third kappa shape index (κ3) is 2.56. The van der Waals surface area contributed by atoms with Crippen molar-refractivity contribution in [1.29, 1.82) is 0 Å². The molecule has 4 N–H and O–H groups in total. The van der Waals surface area contributed by atoms with Gasteiger partial charge >= 0.3 is 12.0 Å². The Kier molecular flexibility index (Phi) is 3.72. The third-order valence-electron chi connectivity index (χ3n) is 3.67. The van der Waals surface area contributed by atoms with E-state index < -0.39 is 12.1 Å². The number of hydrogen-bond donors (Lipinski definition) is 4. The van der Waals surface area contributed by atoms with Crippen molar-refractivity contribution >= 4 is 12.0 Å². The van der Waals surface area contributed by atoms with E-state index in [1.165, 1.54) is 0 Å². The molecule has 2 aliphatic rings. The highest BCUT2D eigenvalue weighted by Crippen LogP contribution is 2.35. The summed E-state index contributed by atoms with van der Waals surface area (Å²) in [5, 5.41) is 29.6. The standard InChI is InChI=1S/C11H18N2O5/c14-8-3-6-1-2-7(4-8)13(6)11(18)12-5-9(15)10(16)17/h6-9,14-15H,1-5H2,(H,12,18)(H,16,17)/t6?,7?,8?,9-/m0/s1. The van der Waals surface area contributed by atoms with E-state index in [0.717, 1.165) is 12.8 Å². The van der Waals surface area contributed by atoms with Crippen LogP contribution in [0.3, 0.4) is 0 Å². The van der Waals surface area contributed by atoms with E-state index >= 15 is 0 Å². The molecule has 0 aromatic rings. The maximum atomic E-state index is 11.9. The first-order valence-corrected chi connectivity index (χ1v) is 6.14. The van der Waals surface area contributed by atoms with E-state index in [0.29, 0.717) is 12.8 Å². The number of carbonyl (C=O) groups is 2. The normalized spacial score (nSPS) is 32.1. The Morgan fingerprint density at radius 2 is 1.83 bits per heavy atom. The van der Waals surface area contributed by atoms with Crippen LogP contribution in [0.2, 0.25) is 0 Å². The van der Waals surface area contributed by atoms with Crippen LogP contribution in [0.15, 0.2) is 0 Å². The molecule has 7 heteroatoms. The largest absolute Gasteiger partial charge is 0.479 e. The van der Waals surface area contributed by atoms with E-state index in [1.54, 1.807) is 4.90 Å². The van der Waals surface area contributed by atoms with Gasteiger partial charge in [-0.25, -0.2) is 9.59 Å². The lowest BCUT2D eigenvalue weighted by molar-refractivity contribution is -0.146. The number of aliphatic hydroxyl groups excluding tert-OH is 2. The van der Waals surface area contributed by atoms with Crippen LogP contribution in [0.4, 0.5) is 4.79 Å². The second-order valence-corrected chi connectivity index (χ2v) is 4.96. The van der Waals surface area contributed by atoms with Crippen molar-refractivity contribution in [3.63, 3.8) is 0 Å². The van der Waals surface area contributed by atoms with Crippen LogP contribution in [-0.4, -0.2) is 63.1 Å². The number of aliphatic carboxylic acids is 1. The van der Waals surface area contributed by atoms with Gasteiger partial charge in [0.15, 0.2) is 6.10 Å². The lowest BCUT2D eigenvalue weighted by Crippen LogP contribution is -2.53. The van der Waals surface area contributed by atoms with Crippen LogP contribution in [-0.2, 0) is 4.79 Å². The average molecular weight is 258 g/mol. The summed E-state index contributed by atoms with van der Waals surface area (Å²) in [6.07, 6.45) is 0.961. The summed E-state index contributed by atoms with van der Waals surface area (Å²) < 4.78 is 0. The molecule has 0 radical (unpaired) electrons. The van der Waals surface area contributed by atoms with E-state index in [-0.39, 0.29) is 30.8 Å². The molecule has 0 saturated carbocycles. The van der Waals surface area contributed by atoms with Crippen LogP contribution in [0.25, 0.3) is 0 Å². The second-order valence-electron chi connectivity index (χ2n) is 4.96. The fraction of sp³-hybridized carbons (Fsp3) is 0.818. The summed E-state index contributed by atoms with van der Waals surface area (Å²) in [5.41, 5.74) is 0. The molecule has 0 aliphatic carbocycles. The third-order valence-corrected chi connectivity index (χ3v) is 3.67. The number of aliphatic hydroxyl groups is 2. The monoisotopic (exact) mass is 258 g/mol. The number of piperidine rings is 1. The molecule has 2 bridgehead atoms. The summed E-state index contributed by atoms with van der Waals surface area (Å²) in [7, 11) is 0. The minimum Gasteiger partial charge on any atom is -0.479 e. The number of fused-ring (bicyclic) bond motifs is 2. The Bertz CT molecular complexity index is 334. The molecule has 2 heterocycles. The lowest BCUT2D eigenvalue weighted by Gasteiger charge is -2.37. The van der Waals surface area contributed by atoms with Crippen molar-refractivity contribution in [3.05, 3.63) is 0 Å². The molecule has 0 aromatic carbocycles. The van der Waals surface area contributed by atoms with Gasteiger partial charge in [-0.1, -0.05) is 0 Å². The second kappa shape index (κ2) is 5.11. The van der Waals surface area contributed by atoms with Crippen molar-refractivity contribution in [2.75, 3.05) is 6.54 Å². The quantitative estimate of drug-likeness (QED) is 0.526. The van der Waals surface area contributed by atoms with E-state index in [9.17, 15) is 14.7 Å². The van der Waals surface area contributed by atoms with E-state index in [4.69, 9.17) is 10.2 Å².